The minimum Gasteiger partial charge on any atom is -0.373 e. The lowest BCUT2D eigenvalue weighted by Gasteiger charge is -2.35. The lowest BCUT2D eigenvalue weighted by atomic mass is 10.1. The van der Waals surface area contributed by atoms with Crippen molar-refractivity contribution in [2.45, 2.75) is 50.9 Å². The van der Waals surface area contributed by atoms with Crippen molar-refractivity contribution in [3.63, 3.8) is 0 Å². The van der Waals surface area contributed by atoms with E-state index in [0.29, 0.717) is 12.1 Å². The molecule has 0 aromatic heterocycles. The van der Waals surface area contributed by atoms with Gasteiger partial charge in [-0.3, -0.25) is 14.8 Å². The van der Waals surface area contributed by atoms with Crippen LogP contribution in [0.3, 0.4) is 0 Å². The zero-order chi connectivity index (χ0) is 19.8. The van der Waals surface area contributed by atoms with Crippen LogP contribution in [0.1, 0.15) is 31.7 Å². The number of nitrogens with one attached hydrogen (secondary N) is 2. The highest BCUT2D eigenvalue weighted by Gasteiger charge is 2.32. The van der Waals surface area contributed by atoms with Crippen LogP contribution in [0.5, 0.6) is 0 Å². The summed E-state index contributed by atoms with van der Waals surface area (Å²) in [7, 11) is 4.02. The Bertz CT molecular complexity index is 614. The molecule has 1 aromatic carbocycles. The maximum Gasteiger partial charge on any atom is 0.191 e. The Kier molecular flexibility index (Phi) is 10.7. The lowest BCUT2D eigenvalue weighted by molar-refractivity contribution is -0.0453. The molecule has 2 aliphatic heterocycles. The van der Waals surface area contributed by atoms with Crippen LogP contribution in [0.25, 0.3) is 0 Å². The molecule has 1 aromatic rings. The fraction of sp³-hybridized carbons (Fsp3) is 0.682. The second-order valence-corrected chi connectivity index (χ2v) is 8.16. The van der Waals surface area contributed by atoms with Crippen LogP contribution >= 0.6 is 24.0 Å². The highest BCUT2D eigenvalue weighted by Crippen LogP contribution is 2.22. The number of aliphatic imine (C=N–C) groups is 1. The second-order valence-electron chi connectivity index (χ2n) is 8.16. The van der Waals surface area contributed by atoms with E-state index in [9.17, 15) is 0 Å². The first-order chi connectivity index (χ1) is 13.7. The van der Waals surface area contributed by atoms with Crippen LogP contribution in [-0.4, -0.2) is 80.8 Å². The van der Waals surface area contributed by atoms with Gasteiger partial charge in [0.2, 0.25) is 0 Å². The molecule has 0 aliphatic carbocycles. The molecule has 3 unspecified atom stereocenters. The highest BCUT2D eigenvalue weighted by atomic mass is 127. The fourth-order valence-electron chi connectivity index (χ4n) is 4.09. The van der Waals surface area contributed by atoms with Gasteiger partial charge in [-0.05, 0) is 45.3 Å². The van der Waals surface area contributed by atoms with Gasteiger partial charge in [-0.2, -0.15) is 0 Å². The summed E-state index contributed by atoms with van der Waals surface area (Å²) in [4.78, 5) is 9.34. The van der Waals surface area contributed by atoms with Gasteiger partial charge < -0.3 is 15.4 Å². The Morgan fingerprint density at radius 1 is 1.31 bits per heavy atom. The Hall–Kier alpha value is -0.900. The van der Waals surface area contributed by atoms with Crippen molar-refractivity contribution in [2.75, 3.05) is 46.9 Å². The monoisotopic (exact) mass is 515 g/mol. The molecule has 29 heavy (non-hydrogen) atoms. The first-order valence-electron chi connectivity index (χ1n) is 10.7. The topological polar surface area (TPSA) is 52.1 Å². The zero-order valence-corrected chi connectivity index (χ0v) is 20.5. The van der Waals surface area contributed by atoms with E-state index >= 15 is 0 Å². The molecule has 164 valence electrons. The van der Waals surface area contributed by atoms with Gasteiger partial charge in [0.25, 0.3) is 0 Å². The number of rotatable bonds is 8. The van der Waals surface area contributed by atoms with E-state index in [2.05, 4.69) is 69.7 Å². The normalized spacial score (nSPS) is 23.4. The minimum atomic E-state index is 0. The van der Waals surface area contributed by atoms with Crippen molar-refractivity contribution >= 4 is 29.9 Å². The summed E-state index contributed by atoms with van der Waals surface area (Å²) in [6.07, 6.45) is 3.93. The van der Waals surface area contributed by atoms with Gasteiger partial charge >= 0.3 is 0 Å². The third kappa shape index (κ3) is 7.70. The lowest BCUT2D eigenvalue weighted by Crippen LogP contribution is -2.51. The number of benzene rings is 1. The molecule has 2 saturated heterocycles. The Morgan fingerprint density at radius 2 is 2.10 bits per heavy atom. The summed E-state index contributed by atoms with van der Waals surface area (Å²) in [6.45, 7) is 8.12. The summed E-state index contributed by atoms with van der Waals surface area (Å²) >= 11 is 0. The van der Waals surface area contributed by atoms with Crippen LogP contribution in [0.4, 0.5) is 0 Å². The van der Waals surface area contributed by atoms with E-state index in [0.717, 1.165) is 45.2 Å². The Labute approximate surface area is 193 Å². The number of halogens is 1. The summed E-state index contributed by atoms with van der Waals surface area (Å²) in [5.41, 5.74) is 1.36. The maximum absolute atomic E-state index is 6.02. The van der Waals surface area contributed by atoms with E-state index in [-0.39, 0.29) is 30.1 Å². The molecule has 0 spiro atoms. The van der Waals surface area contributed by atoms with Crippen LogP contribution in [0, 0.1) is 0 Å². The van der Waals surface area contributed by atoms with Gasteiger partial charge in [-0.15, -0.1) is 24.0 Å². The van der Waals surface area contributed by atoms with Gasteiger partial charge in [-0.25, -0.2) is 0 Å². The van der Waals surface area contributed by atoms with Gasteiger partial charge in [0.15, 0.2) is 5.96 Å². The third-order valence-electron chi connectivity index (χ3n) is 6.06. The number of morpholine rings is 1. The van der Waals surface area contributed by atoms with E-state index in [1.54, 1.807) is 0 Å². The van der Waals surface area contributed by atoms with Crippen LogP contribution in [0.15, 0.2) is 35.3 Å². The maximum atomic E-state index is 6.02. The molecule has 2 aliphatic rings. The molecule has 2 heterocycles. The average molecular weight is 515 g/mol. The summed E-state index contributed by atoms with van der Waals surface area (Å²) in [6, 6.07) is 11.8. The van der Waals surface area contributed by atoms with E-state index in [1.165, 1.54) is 24.9 Å². The smallest absolute Gasteiger partial charge is 0.191 e. The number of nitrogens with zero attached hydrogens (tertiary/aromatic N) is 3. The van der Waals surface area contributed by atoms with Gasteiger partial charge in [0.1, 0.15) is 0 Å². The Balaban J connectivity index is 0.00000300. The molecule has 3 rings (SSSR count). The fourth-order valence-corrected chi connectivity index (χ4v) is 4.09. The van der Waals surface area contributed by atoms with Gasteiger partial charge in [0, 0.05) is 45.3 Å². The van der Waals surface area contributed by atoms with Crippen LogP contribution in [-0.2, 0) is 11.3 Å². The predicted molar refractivity (Wildman–Crippen MR) is 131 cm³/mol. The Morgan fingerprint density at radius 3 is 2.86 bits per heavy atom. The molecule has 0 radical (unpaired) electrons. The van der Waals surface area contributed by atoms with Crippen molar-refractivity contribution in [2.24, 2.45) is 4.99 Å². The number of hydrogen-bond acceptors (Lipinski definition) is 4. The number of fused-ring (bicyclic) bond motifs is 1. The second kappa shape index (κ2) is 12.7. The van der Waals surface area contributed by atoms with E-state index in [4.69, 9.17) is 4.74 Å². The van der Waals surface area contributed by atoms with E-state index in [1.807, 2.05) is 7.05 Å². The number of guanidine groups is 1. The summed E-state index contributed by atoms with van der Waals surface area (Å²) < 4.78 is 6.02. The summed E-state index contributed by atoms with van der Waals surface area (Å²) in [5.74, 6) is 0.866. The van der Waals surface area contributed by atoms with E-state index < -0.39 is 0 Å². The molecule has 0 bridgehead atoms. The van der Waals surface area contributed by atoms with Crippen molar-refractivity contribution < 1.29 is 4.74 Å². The molecule has 6 nitrogen and oxygen atoms in total. The molecular formula is C22H38IN5O. The van der Waals surface area contributed by atoms with Gasteiger partial charge in [0.05, 0.1) is 12.7 Å². The standard InChI is InChI=1S/C22H37N5O.HI/c1-18(26(3)15-19-8-5-4-6-9-19)11-12-24-22(23-2)25-14-21-16-27-13-7-10-20(27)17-28-21;/h4-6,8-9,18,20-21H,7,10-17H2,1-3H3,(H2,23,24,25);1H. The third-order valence-corrected chi connectivity index (χ3v) is 6.06. The molecule has 2 N–H and O–H groups in total. The molecule has 2 fully saturated rings. The van der Waals surface area contributed by atoms with Crippen molar-refractivity contribution in [3.8, 4) is 0 Å². The number of ether oxygens (including phenoxy) is 1. The molecule has 0 saturated carbocycles. The number of hydrogen-bond donors (Lipinski definition) is 2. The summed E-state index contributed by atoms with van der Waals surface area (Å²) in [5, 5.41) is 6.88. The van der Waals surface area contributed by atoms with Gasteiger partial charge in [-0.1, -0.05) is 30.3 Å². The molecule has 0 amide bonds. The minimum absolute atomic E-state index is 0. The van der Waals surface area contributed by atoms with Crippen LogP contribution < -0.4 is 10.6 Å². The van der Waals surface area contributed by atoms with Crippen molar-refractivity contribution in [1.82, 2.24) is 20.4 Å². The molecular weight excluding hydrogens is 477 g/mol. The first kappa shape index (κ1) is 24.4. The average Bonchev–Trinajstić information content (AvgIpc) is 3.19. The highest BCUT2D eigenvalue weighted by molar-refractivity contribution is 14.0. The zero-order valence-electron chi connectivity index (χ0n) is 18.1. The van der Waals surface area contributed by atoms with Crippen LogP contribution in [0.2, 0.25) is 0 Å². The predicted octanol–water partition coefficient (Wildman–Crippen LogP) is 2.54. The SMILES string of the molecule is CN=C(NCCC(C)N(C)Cc1ccccc1)NCC1CN2CCCC2CO1.I. The largest absolute Gasteiger partial charge is 0.373 e. The molecule has 3 atom stereocenters. The van der Waals surface area contributed by atoms with Crippen molar-refractivity contribution in [3.05, 3.63) is 35.9 Å². The molecule has 7 heteroatoms. The quantitative estimate of drug-likeness (QED) is 0.317. The van der Waals surface area contributed by atoms with Crippen molar-refractivity contribution in [1.29, 1.82) is 0 Å². The first-order valence-corrected chi connectivity index (χ1v) is 10.7.